The molecule has 1 N–H and O–H groups in total. The molecule has 2 unspecified atom stereocenters. The predicted molar refractivity (Wildman–Crippen MR) is 67.6 cm³/mol. The third kappa shape index (κ3) is 2.80. The summed E-state index contributed by atoms with van der Waals surface area (Å²) in [5.74, 6) is -0.304. The van der Waals surface area contributed by atoms with Crippen LogP contribution in [-0.2, 0) is 4.74 Å². The molecule has 2 rings (SSSR count). The highest BCUT2D eigenvalue weighted by molar-refractivity contribution is 5.48. The average molecular weight is 248 g/mol. The summed E-state index contributed by atoms with van der Waals surface area (Å²) in [4.78, 5) is 0. The lowest BCUT2D eigenvalue weighted by Gasteiger charge is -2.39. The van der Waals surface area contributed by atoms with Gasteiger partial charge in [0, 0.05) is 18.5 Å². The molecule has 1 saturated heterocycles. The molecule has 0 aromatic heterocycles. The highest BCUT2D eigenvalue weighted by Gasteiger charge is 2.38. The third-order valence-electron chi connectivity index (χ3n) is 3.16. The van der Waals surface area contributed by atoms with E-state index in [1.807, 2.05) is 13.8 Å². The Bertz CT molecular complexity index is 459. The molecule has 0 saturated carbocycles. The van der Waals surface area contributed by atoms with E-state index in [9.17, 15) is 9.65 Å². The minimum Gasteiger partial charge on any atom is -0.375 e. The Morgan fingerprint density at radius 3 is 2.61 bits per heavy atom. The van der Waals surface area contributed by atoms with Crippen molar-refractivity contribution in [3.63, 3.8) is 0 Å². The van der Waals surface area contributed by atoms with Crippen LogP contribution in [-0.4, -0.2) is 17.7 Å². The summed E-state index contributed by atoms with van der Waals surface area (Å²) < 4.78 is 18.8. The molecular formula is C14H17FN2O. The fourth-order valence-electron chi connectivity index (χ4n) is 2.62. The Kier molecular flexibility index (Phi) is 3.53. The average Bonchev–Trinajstić information content (AvgIpc) is 2.27. The summed E-state index contributed by atoms with van der Waals surface area (Å²) >= 11 is 0. The molecule has 3 nitrogen and oxygen atoms in total. The van der Waals surface area contributed by atoms with Gasteiger partial charge in [-0.2, -0.15) is 5.26 Å². The predicted octanol–water partition coefficient (Wildman–Crippen LogP) is 3.09. The lowest BCUT2D eigenvalue weighted by Crippen LogP contribution is -2.48. The largest absolute Gasteiger partial charge is 0.375 e. The van der Waals surface area contributed by atoms with Crippen LogP contribution >= 0.6 is 0 Å². The Labute approximate surface area is 107 Å². The number of anilines is 1. The van der Waals surface area contributed by atoms with Crippen molar-refractivity contribution in [3.05, 3.63) is 30.1 Å². The number of nitrogens with one attached hydrogen (secondary N) is 1. The monoisotopic (exact) mass is 248 g/mol. The first-order chi connectivity index (χ1) is 8.53. The molecule has 4 heteroatoms. The molecule has 18 heavy (non-hydrogen) atoms. The van der Waals surface area contributed by atoms with Crippen molar-refractivity contribution in [2.24, 2.45) is 0 Å². The molecule has 1 heterocycles. The zero-order valence-corrected chi connectivity index (χ0v) is 10.6. The minimum absolute atomic E-state index is 0.0226. The van der Waals surface area contributed by atoms with Crippen LogP contribution in [0.4, 0.5) is 10.1 Å². The van der Waals surface area contributed by atoms with Gasteiger partial charge in [-0.05, 0) is 32.0 Å². The molecule has 1 aliphatic heterocycles. The van der Waals surface area contributed by atoms with Crippen molar-refractivity contribution < 1.29 is 9.13 Å². The number of ether oxygens (including phenoxy) is 1. The molecule has 2 atom stereocenters. The number of benzene rings is 1. The summed E-state index contributed by atoms with van der Waals surface area (Å²) in [6, 6.07) is 8.53. The van der Waals surface area contributed by atoms with E-state index in [2.05, 4.69) is 11.4 Å². The maximum absolute atomic E-state index is 13.2. The lowest BCUT2D eigenvalue weighted by atomic mass is 9.85. The van der Waals surface area contributed by atoms with Crippen LogP contribution in [0.25, 0.3) is 0 Å². The molecule has 0 aliphatic carbocycles. The second-order valence-electron chi connectivity index (χ2n) is 4.99. The van der Waals surface area contributed by atoms with E-state index in [1.54, 1.807) is 12.1 Å². The zero-order chi connectivity index (χ0) is 13.2. The highest BCUT2D eigenvalue weighted by atomic mass is 19.1. The maximum Gasteiger partial charge on any atom is 0.130 e. The van der Waals surface area contributed by atoms with E-state index in [-0.39, 0.29) is 18.0 Å². The van der Waals surface area contributed by atoms with Gasteiger partial charge < -0.3 is 10.1 Å². The summed E-state index contributed by atoms with van der Waals surface area (Å²) in [5, 5.41) is 12.6. The van der Waals surface area contributed by atoms with Crippen molar-refractivity contribution in [1.29, 1.82) is 5.26 Å². The second kappa shape index (κ2) is 4.95. The highest BCUT2D eigenvalue weighted by Crippen LogP contribution is 2.31. The molecule has 96 valence electrons. The lowest BCUT2D eigenvalue weighted by molar-refractivity contribution is -0.0451. The van der Waals surface area contributed by atoms with E-state index in [1.165, 1.54) is 12.1 Å². The summed E-state index contributed by atoms with van der Waals surface area (Å²) in [5.41, 5.74) is -0.0388. The minimum atomic E-state index is -0.676. The van der Waals surface area contributed by atoms with E-state index >= 15 is 0 Å². The summed E-state index contributed by atoms with van der Waals surface area (Å²) in [6.45, 7) is 3.91. The molecule has 0 radical (unpaired) electrons. The van der Waals surface area contributed by atoms with E-state index in [4.69, 9.17) is 4.74 Å². The van der Waals surface area contributed by atoms with Gasteiger partial charge in [0.15, 0.2) is 0 Å². The number of hydrogen-bond donors (Lipinski definition) is 1. The van der Waals surface area contributed by atoms with Crippen molar-refractivity contribution in [2.45, 2.75) is 44.4 Å². The van der Waals surface area contributed by atoms with Crippen LogP contribution in [0.2, 0.25) is 0 Å². The zero-order valence-electron chi connectivity index (χ0n) is 10.6. The van der Waals surface area contributed by atoms with Gasteiger partial charge in [-0.1, -0.05) is 6.07 Å². The number of rotatable bonds is 2. The molecule has 0 amide bonds. The molecule has 1 aliphatic rings. The van der Waals surface area contributed by atoms with Gasteiger partial charge in [0.25, 0.3) is 0 Å². The Morgan fingerprint density at radius 1 is 1.39 bits per heavy atom. The van der Waals surface area contributed by atoms with Crippen molar-refractivity contribution >= 4 is 5.69 Å². The summed E-state index contributed by atoms with van der Waals surface area (Å²) in [7, 11) is 0. The van der Waals surface area contributed by atoms with E-state index in [0.717, 1.165) is 0 Å². The van der Waals surface area contributed by atoms with Gasteiger partial charge in [-0.25, -0.2) is 4.39 Å². The number of nitrogens with zero attached hydrogens (tertiary/aromatic N) is 1. The van der Waals surface area contributed by atoms with Crippen LogP contribution in [0.15, 0.2) is 24.3 Å². The Balaban J connectivity index is 2.21. The molecular weight excluding hydrogens is 231 g/mol. The third-order valence-corrected chi connectivity index (χ3v) is 3.16. The number of hydrogen-bond acceptors (Lipinski definition) is 3. The standard InChI is InChI=1S/C14H17FN2O/c1-10-7-14(9-16,8-11(2)18-10)17-13-5-3-4-12(15)6-13/h3-6,10-11,17H,7-8H2,1-2H3. The number of halogens is 1. The van der Waals surface area contributed by atoms with Crippen LogP contribution in [0.1, 0.15) is 26.7 Å². The Morgan fingerprint density at radius 2 is 2.06 bits per heavy atom. The fourth-order valence-corrected chi connectivity index (χ4v) is 2.62. The molecule has 0 spiro atoms. The molecule has 1 aromatic rings. The van der Waals surface area contributed by atoms with E-state index in [0.29, 0.717) is 18.5 Å². The van der Waals surface area contributed by atoms with Crippen LogP contribution in [0, 0.1) is 17.1 Å². The van der Waals surface area contributed by atoms with E-state index < -0.39 is 5.54 Å². The van der Waals surface area contributed by atoms with Crippen LogP contribution in [0.3, 0.4) is 0 Å². The van der Waals surface area contributed by atoms with Crippen molar-refractivity contribution in [3.8, 4) is 6.07 Å². The topological polar surface area (TPSA) is 45.0 Å². The van der Waals surface area contributed by atoms with Crippen LogP contribution in [0.5, 0.6) is 0 Å². The van der Waals surface area contributed by atoms with Crippen molar-refractivity contribution in [2.75, 3.05) is 5.32 Å². The van der Waals surface area contributed by atoms with Gasteiger partial charge in [0.05, 0.1) is 18.3 Å². The molecule has 1 aromatic carbocycles. The first-order valence-corrected chi connectivity index (χ1v) is 6.13. The fraction of sp³-hybridized carbons (Fsp3) is 0.500. The SMILES string of the molecule is CC1CC(C#N)(Nc2cccc(F)c2)CC(C)O1. The summed E-state index contributed by atoms with van der Waals surface area (Å²) in [6.07, 6.45) is 1.25. The smallest absolute Gasteiger partial charge is 0.130 e. The molecule has 0 bridgehead atoms. The first kappa shape index (κ1) is 12.8. The Hall–Kier alpha value is -1.60. The quantitative estimate of drug-likeness (QED) is 0.874. The van der Waals surface area contributed by atoms with Crippen molar-refractivity contribution in [1.82, 2.24) is 0 Å². The van der Waals surface area contributed by atoms with Crippen LogP contribution < -0.4 is 5.32 Å². The number of nitriles is 1. The van der Waals surface area contributed by atoms with Gasteiger partial charge >= 0.3 is 0 Å². The normalized spacial score (nSPS) is 31.7. The van der Waals surface area contributed by atoms with Gasteiger partial charge in [0.2, 0.25) is 0 Å². The van der Waals surface area contributed by atoms with Gasteiger partial charge in [0.1, 0.15) is 11.4 Å². The van der Waals surface area contributed by atoms with Gasteiger partial charge in [-0.15, -0.1) is 0 Å². The first-order valence-electron chi connectivity index (χ1n) is 6.13. The van der Waals surface area contributed by atoms with Gasteiger partial charge in [-0.3, -0.25) is 0 Å². The second-order valence-corrected chi connectivity index (χ2v) is 4.99. The molecule has 1 fully saturated rings. The maximum atomic E-state index is 13.2.